The summed E-state index contributed by atoms with van der Waals surface area (Å²) in [6, 6.07) is 0. The third-order valence-electron chi connectivity index (χ3n) is 1.58. The summed E-state index contributed by atoms with van der Waals surface area (Å²) in [4.78, 5) is 10.9. The lowest BCUT2D eigenvalue weighted by atomic mass is 10.2. The minimum atomic E-state index is 0.228. The molecule has 0 aliphatic heterocycles. The number of aryl methyl sites for hydroxylation is 2. The van der Waals surface area contributed by atoms with Gasteiger partial charge in [0.25, 0.3) is 0 Å². The normalized spacial score (nSPS) is 10.2. The molecule has 0 bridgehead atoms. The molecule has 0 saturated carbocycles. The van der Waals surface area contributed by atoms with E-state index in [-0.39, 0.29) is 5.78 Å². The molecule has 0 radical (unpaired) electrons. The van der Waals surface area contributed by atoms with Crippen LogP contribution < -0.4 is 0 Å². The smallest absolute Gasteiger partial charge is 0.216 e. The Kier molecular flexibility index (Phi) is 2.96. The van der Waals surface area contributed by atoms with Crippen molar-refractivity contribution in [2.45, 2.75) is 33.1 Å². The Morgan fingerprint density at radius 3 is 2.75 bits per heavy atom. The molecule has 0 atom stereocenters. The van der Waals surface area contributed by atoms with Crippen LogP contribution in [-0.4, -0.2) is 16.0 Å². The summed E-state index contributed by atoms with van der Waals surface area (Å²) < 4.78 is 5.10. The average Bonchev–Trinajstić information content (AvgIpc) is 2.47. The van der Waals surface area contributed by atoms with Gasteiger partial charge in [-0.05, 0) is 0 Å². The quantitative estimate of drug-likeness (QED) is 0.679. The van der Waals surface area contributed by atoms with E-state index >= 15 is 0 Å². The number of hydrogen-bond acceptors (Lipinski definition) is 4. The first kappa shape index (κ1) is 8.90. The first-order valence-corrected chi connectivity index (χ1v) is 4.03. The van der Waals surface area contributed by atoms with Crippen LogP contribution in [0, 0.1) is 6.92 Å². The fourth-order valence-corrected chi connectivity index (χ4v) is 0.862. The lowest BCUT2D eigenvalue weighted by Gasteiger charge is -1.91. The van der Waals surface area contributed by atoms with E-state index in [1.54, 1.807) is 6.92 Å². The van der Waals surface area contributed by atoms with Gasteiger partial charge in [-0.3, -0.25) is 4.79 Å². The van der Waals surface area contributed by atoms with Gasteiger partial charge in [0.1, 0.15) is 5.78 Å². The number of carbonyl (C=O) groups excluding carboxylic acids is 1. The zero-order chi connectivity index (χ0) is 8.97. The summed E-state index contributed by atoms with van der Waals surface area (Å²) in [5.41, 5.74) is 0. The van der Waals surface area contributed by atoms with Crippen LogP contribution in [0.15, 0.2) is 4.42 Å². The van der Waals surface area contributed by atoms with E-state index in [4.69, 9.17) is 4.42 Å². The highest BCUT2D eigenvalue weighted by Gasteiger charge is 2.04. The number of rotatable bonds is 4. The van der Waals surface area contributed by atoms with E-state index in [1.165, 1.54) is 0 Å². The molecule has 0 unspecified atom stereocenters. The van der Waals surface area contributed by atoms with E-state index in [0.29, 0.717) is 31.0 Å². The number of Topliss-reactive ketones (excluding diaryl/α,β-unsaturated/α-hetero) is 1. The molecule has 1 aromatic heterocycles. The Bertz CT molecular complexity index is 268. The Labute approximate surface area is 71.0 Å². The van der Waals surface area contributed by atoms with Crippen LogP contribution in [0.1, 0.15) is 31.5 Å². The van der Waals surface area contributed by atoms with Gasteiger partial charge in [-0.25, -0.2) is 0 Å². The van der Waals surface area contributed by atoms with Gasteiger partial charge in [0.15, 0.2) is 0 Å². The van der Waals surface area contributed by atoms with Crippen molar-refractivity contribution in [3.8, 4) is 0 Å². The molecular formula is C8H12N2O2. The number of aromatic nitrogens is 2. The Morgan fingerprint density at radius 2 is 2.25 bits per heavy atom. The molecule has 12 heavy (non-hydrogen) atoms. The van der Waals surface area contributed by atoms with Crippen molar-refractivity contribution in [3.05, 3.63) is 11.8 Å². The minimum absolute atomic E-state index is 0.228. The highest BCUT2D eigenvalue weighted by Crippen LogP contribution is 2.02. The summed E-state index contributed by atoms with van der Waals surface area (Å²) >= 11 is 0. The Morgan fingerprint density at radius 1 is 1.50 bits per heavy atom. The van der Waals surface area contributed by atoms with E-state index in [0.717, 1.165) is 0 Å². The second kappa shape index (κ2) is 3.99. The molecule has 1 heterocycles. The first-order valence-electron chi connectivity index (χ1n) is 4.03. The van der Waals surface area contributed by atoms with Gasteiger partial charge < -0.3 is 4.42 Å². The molecule has 0 aliphatic rings. The summed E-state index contributed by atoms with van der Waals surface area (Å²) in [6.45, 7) is 3.58. The van der Waals surface area contributed by atoms with Gasteiger partial charge in [0.2, 0.25) is 11.8 Å². The van der Waals surface area contributed by atoms with Gasteiger partial charge in [0, 0.05) is 26.2 Å². The van der Waals surface area contributed by atoms with Gasteiger partial charge in [0.05, 0.1) is 0 Å². The van der Waals surface area contributed by atoms with Crippen molar-refractivity contribution in [1.29, 1.82) is 0 Å². The van der Waals surface area contributed by atoms with Gasteiger partial charge in [-0.2, -0.15) is 0 Å². The van der Waals surface area contributed by atoms with Crippen molar-refractivity contribution >= 4 is 5.78 Å². The number of nitrogens with zero attached hydrogens (tertiary/aromatic N) is 2. The van der Waals surface area contributed by atoms with Gasteiger partial charge >= 0.3 is 0 Å². The average molecular weight is 168 g/mol. The van der Waals surface area contributed by atoms with Crippen LogP contribution in [-0.2, 0) is 11.2 Å². The molecule has 1 aromatic rings. The molecule has 4 nitrogen and oxygen atoms in total. The van der Waals surface area contributed by atoms with Crippen LogP contribution in [0.4, 0.5) is 0 Å². The lowest BCUT2D eigenvalue weighted by molar-refractivity contribution is -0.118. The second-order valence-electron chi connectivity index (χ2n) is 2.61. The van der Waals surface area contributed by atoms with Crippen LogP contribution in [0.2, 0.25) is 0 Å². The Hall–Kier alpha value is -1.19. The highest BCUT2D eigenvalue weighted by atomic mass is 16.4. The summed E-state index contributed by atoms with van der Waals surface area (Å²) in [7, 11) is 0. The highest BCUT2D eigenvalue weighted by molar-refractivity contribution is 5.78. The molecule has 1 rings (SSSR count). The SMILES string of the molecule is CCC(=O)CCc1nnc(C)o1. The maximum Gasteiger partial charge on any atom is 0.216 e. The lowest BCUT2D eigenvalue weighted by Crippen LogP contribution is -1.97. The summed E-state index contributed by atoms with van der Waals surface area (Å²) in [5, 5.41) is 7.45. The van der Waals surface area contributed by atoms with Crippen molar-refractivity contribution in [1.82, 2.24) is 10.2 Å². The Balaban J connectivity index is 2.38. The second-order valence-corrected chi connectivity index (χ2v) is 2.61. The maximum atomic E-state index is 10.9. The van der Waals surface area contributed by atoms with E-state index in [1.807, 2.05) is 6.92 Å². The van der Waals surface area contributed by atoms with Crippen molar-refractivity contribution in [2.24, 2.45) is 0 Å². The fraction of sp³-hybridized carbons (Fsp3) is 0.625. The molecule has 0 N–H and O–H groups in total. The molecule has 0 spiro atoms. The van der Waals surface area contributed by atoms with E-state index in [9.17, 15) is 4.79 Å². The third kappa shape index (κ3) is 2.45. The number of hydrogen-bond donors (Lipinski definition) is 0. The van der Waals surface area contributed by atoms with Gasteiger partial charge in [-0.15, -0.1) is 10.2 Å². The number of ketones is 1. The summed E-state index contributed by atoms with van der Waals surface area (Å²) in [6.07, 6.45) is 1.64. The predicted molar refractivity (Wildman–Crippen MR) is 42.7 cm³/mol. The fourth-order valence-electron chi connectivity index (χ4n) is 0.862. The molecule has 0 aliphatic carbocycles. The van der Waals surface area contributed by atoms with Gasteiger partial charge in [-0.1, -0.05) is 6.92 Å². The maximum absolute atomic E-state index is 10.9. The molecular weight excluding hydrogens is 156 g/mol. The zero-order valence-electron chi connectivity index (χ0n) is 7.33. The monoisotopic (exact) mass is 168 g/mol. The molecule has 0 saturated heterocycles. The van der Waals surface area contributed by atoms with E-state index < -0.39 is 0 Å². The summed E-state index contributed by atoms with van der Waals surface area (Å²) in [5.74, 6) is 1.33. The molecule has 0 fully saturated rings. The van der Waals surface area contributed by atoms with Crippen LogP contribution >= 0.6 is 0 Å². The van der Waals surface area contributed by atoms with Crippen LogP contribution in [0.25, 0.3) is 0 Å². The van der Waals surface area contributed by atoms with Crippen molar-refractivity contribution < 1.29 is 9.21 Å². The molecule has 0 aromatic carbocycles. The molecule has 0 amide bonds. The standard InChI is InChI=1S/C8H12N2O2/c1-3-7(11)4-5-8-10-9-6(2)12-8/h3-5H2,1-2H3. The van der Waals surface area contributed by atoms with Crippen LogP contribution in [0.5, 0.6) is 0 Å². The van der Waals surface area contributed by atoms with E-state index in [2.05, 4.69) is 10.2 Å². The minimum Gasteiger partial charge on any atom is -0.426 e. The van der Waals surface area contributed by atoms with Crippen molar-refractivity contribution in [3.63, 3.8) is 0 Å². The molecule has 66 valence electrons. The number of carbonyl (C=O) groups is 1. The van der Waals surface area contributed by atoms with Crippen molar-refractivity contribution in [2.75, 3.05) is 0 Å². The predicted octanol–water partition coefficient (Wildman–Crippen LogP) is 1.29. The topological polar surface area (TPSA) is 56.0 Å². The zero-order valence-corrected chi connectivity index (χ0v) is 7.33. The molecule has 4 heteroatoms. The third-order valence-corrected chi connectivity index (χ3v) is 1.58. The largest absolute Gasteiger partial charge is 0.426 e. The van der Waals surface area contributed by atoms with Crippen LogP contribution in [0.3, 0.4) is 0 Å². The first-order chi connectivity index (χ1) is 5.72.